The normalized spacial score (nSPS) is 28.1. The quantitative estimate of drug-likeness (QED) is 0.833. The van der Waals surface area contributed by atoms with Crippen molar-refractivity contribution in [3.05, 3.63) is 11.7 Å². The molecule has 0 spiro atoms. The first-order valence-corrected chi connectivity index (χ1v) is 6.36. The van der Waals surface area contributed by atoms with Crippen LogP contribution >= 0.6 is 0 Å². The molecule has 1 fully saturated rings. The topological polar surface area (TPSA) is 94.0 Å². The van der Waals surface area contributed by atoms with Crippen molar-refractivity contribution in [1.82, 2.24) is 15.5 Å². The van der Waals surface area contributed by atoms with E-state index < -0.39 is 5.54 Å². The Kier molecular flexibility index (Phi) is 3.65. The van der Waals surface area contributed by atoms with E-state index in [0.29, 0.717) is 17.6 Å². The lowest BCUT2D eigenvalue weighted by molar-refractivity contribution is -0.128. The lowest BCUT2D eigenvalue weighted by Gasteiger charge is -2.35. The van der Waals surface area contributed by atoms with Crippen LogP contribution in [0.2, 0.25) is 0 Å². The largest absolute Gasteiger partial charge is 0.345 e. The Morgan fingerprint density at radius 2 is 2.44 bits per heavy atom. The van der Waals surface area contributed by atoms with E-state index in [1.165, 1.54) is 0 Å². The molecule has 1 amide bonds. The van der Waals surface area contributed by atoms with Crippen molar-refractivity contribution in [2.45, 2.75) is 51.6 Å². The van der Waals surface area contributed by atoms with E-state index >= 15 is 0 Å². The van der Waals surface area contributed by atoms with Gasteiger partial charge in [0, 0.05) is 0 Å². The van der Waals surface area contributed by atoms with Gasteiger partial charge >= 0.3 is 0 Å². The highest BCUT2D eigenvalue weighted by Gasteiger charge is 2.37. The molecule has 6 nitrogen and oxygen atoms in total. The van der Waals surface area contributed by atoms with Crippen molar-refractivity contribution in [2.24, 2.45) is 11.7 Å². The Morgan fingerprint density at radius 3 is 3.06 bits per heavy atom. The molecule has 3 N–H and O–H groups in total. The van der Waals surface area contributed by atoms with E-state index in [4.69, 9.17) is 10.3 Å². The Bertz CT molecular complexity index is 431. The first-order valence-electron chi connectivity index (χ1n) is 6.36. The van der Waals surface area contributed by atoms with Gasteiger partial charge < -0.3 is 15.6 Å². The third-order valence-corrected chi connectivity index (χ3v) is 3.45. The molecular formula is C12H20N4O2. The third-order valence-electron chi connectivity index (χ3n) is 3.45. The molecule has 18 heavy (non-hydrogen) atoms. The summed E-state index contributed by atoms with van der Waals surface area (Å²) < 4.78 is 4.94. The fraction of sp³-hybridized carbons (Fsp3) is 0.750. The molecule has 1 saturated carbocycles. The van der Waals surface area contributed by atoms with E-state index in [1.807, 2.05) is 0 Å². The van der Waals surface area contributed by atoms with Crippen molar-refractivity contribution in [2.75, 3.05) is 0 Å². The first kappa shape index (κ1) is 13.0. The lowest BCUT2D eigenvalue weighted by atomic mass is 9.76. The Balaban J connectivity index is 1.91. The maximum atomic E-state index is 12.1. The van der Waals surface area contributed by atoms with Crippen LogP contribution < -0.4 is 11.1 Å². The minimum atomic E-state index is -0.743. The SMILES string of the molecule is Cc1noc(CNC(=O)C2(N)CCCC(C)C2)n1. The number of hydrogen-bond acceptors (Lipinski definition) is 5. The molecule has 1 aromatic heterocycles. The van der Waals surface area contributed by atoms with E-state index in [0.717, 1.165) is 25.7 Å². The van der Waals surface area contributed by atoms with Crippen LogP contribution in [0.3, 0.4) is 0 Å². The predicted octanol–water partition coefficient (Wildman–Crippen LogP) is 0.902. The van der Waals surface area contributed by atoms with E-state index in [-0.39, 0.29) is 12.5 Å². The Morgan fingerprint density at radius 1 is 1.67 bits per heavy atom. The molecule has 2 unspecified atom stereocenters. The number of carbonyl (C=O) groups excluding carboxylic acids is 1. The van der Waals surface area contributed by atoms with Gasteiger partial charge in [0.2, 0.25) is 11.8 Å². The van der Waals surface area contributed by atoms with Crippen LogP contribution in [0, 0.1) is 12.8 Å². The van der Waals surface area contributed by atoms with Crippen LogP contribution in [0.25, 0.3) is 0 Å². The number of nitrogens with zero attached hydrogens (tertiary/aromatic N) is 2. The van der Waals surface area contributed by atoms with Crippen molar-refractivity contribution < 1.29 is 9.32 Å². The molecule has 6 heteroatoms. The highest BCUT2D eigenvalue weighted by molar-refractivity contribution is 5.86. The van der Waals surface area contributed by atoms with E-state index in [2.05, 4.69) is 22.4 Å². The zero-order valence-electron chi connectivity index (χ0n) is 10.9. The standard InChI is InChI=1S/C12H20N4O2/c1-8-4-3-5-12(13,6-8)11(17)14-7-10-15-9(2)16-18-10/h8H,3-7,13H2,1-2H3,(H,14,17). The van der Waals surface area contributed by atoms with Crippen molar-refractivity contribution >= 4 is 5.91 Å². The number of nitrogens with one attached hydrogen (secondary N) is 1. The molecule has 1 aliphatic carbocycles. The number of aromatic nitrogens is 2. The number of carbonyl (C=O) groups is 1. The van der Waals surface area contributed by atoms with Crippen LogP contribution in [0.5, 0.6) is 0 Å². The minimum Gasteiger partial charge on any atom is -0.345 e. The molecule has 100 valence electrons. The number of nitrogens with two attached hydrogens (primary N) is 1. The van der Waals surface area contributed by atoms with Crippen LogP contribution in [-0.4, -0.2) is 21.6 Å². The second kappa shape index (κ2) is 5.06. The molecule has 0 saturated heterocycles. The summed E-state index contributed by atoms with van der Waals surface area (Å²) in [6, 6.07) is 0. The second-order valence-corrected chi connectivity index (χ2v) is 5.28. The van der Waals surface area contributed by atoms with Crippen molar-refractivity contribution in [3.8, 4) is 0 Å². The summed E-state index contributed by atoms with van der Waals surface area (Å²) in [5.41, 5.74) is 5.44. The van der Waals surface area contributed by atoms with Crippen LogP contribution in [0.4, 0.5) is 0 Å². The highest BCUT2D eigenvalue weighted by Crippen LogP contribution is 2.30. The summed E-state index contributed by atoms with van der Waals surface area (Å²) in [6.07, 6.45) is 3.63. The number of hydrogen-bond donors (Lipinski definition) is 2. The molecule has 2 rings (SSSR count). The summed E-state index contributed by atoms with van der Waals surface area (Å²) in [5, 5.41) is 6.45. The average molecular weight is 252 g/mol. The average Bonchev–Trinajstić information content (AvgIpc) is 2.71. The van der Waals surface area contributed by atoms with Gasteiger partial charge in [0.15, 0.2) is 5.82 Å². The van der Waals surface area contributed by atoms with Gasteiger partial charge in [-0.05, 0) is 25.7 Å². The summed E-state index contributed by atoms with van der Waals surface area (Å²) >= 11 is 0. The summed E-state index contributed by atoms with van der Waals surface area (Å²) in [4.78, 5) is 16.2. The van der Waals surface area contributed by atoms with Gasteiger partial charge in [-0.1, -0.05) is 24.9 Å². The van der Waals surface area contributed by atoms with Gasteiger partial charge in [-0.3, -0.25) is 4.79 Å². The smallest absolute Gasteiger partial charge is 0.246 e. The van der Waals surface area contributed by atoms with Crippen LogP contribution in [-0.2, 0) is 11.3 Å². The van der Waals surface area contributed by atoms with Gasteiger partial charge in [-0.15, -0.1) is 0 Å². The molecule has 1 aliphatic rings. The molecule has 0 radical (unpaired) electrons. The minimum absolute atomic E-state index is 0.120. The van der Waals surface area contributed by atoms with Gasteiger partial charge in [-0.2, -0.15) is 4.98 Å². The maximum absolute atomic E-state index is 12.1. The summed E-state index contributed by atoms with van der Waals surface area (Å²) in [5.74, 6) is 1.35. The van der Waals surface area contributed by atoms with Gasteiger partial charge in [0.1, 0.15) is 0 Å². The third kappa shape index (κ3) is 2.87. The predicted molar refractivity (Wildman–Crippen MR) is 65.4 cm³/mol. The van der Waals surface area contributed by atoms with Crippen LogP contribution in [0.1, 0.15) is 44.3 Å². The molecule has 1 heterocycles. The number of rotatable bonds is 3. The monoisotopic (exact) mass is 252 g/mol. The Hall–Kier alpha value is -1.43. The number of amides is 1. The molecular weight excluding hydrogens is 232 g/mol. The lowest BCUT2D eigenvalue weighted by Crippen LogP contribution is -2.56. The summed E-state index contributed by atoms with van der Waals surface area (Å²) in [7, 11) is 0. The van der Waals surface area contributed by atoms with Crippen LogP contribution in [0.15, 0.2) is 4.52 Å². The van der Waals surface area contributed by atoms with E-state index in [9.17, 15) is 4.79 Å². The molecule has 0 aliphatic heterocycles. The van der Waals surface area contributed by atoms with Gasteiger partial charge in [0.25, 0.3) is 0 Å². The summed E-state index contributed by atoms with van der Waals surface area (Å²) in [6.45, 7) is 4.12. The zero-order valence-corrected chi connectivity index (χ0v) is 10.9. The second-order valence-electron chi connectivity index (χ2n) is 5.28. The first-order chi connectivity index (χ1) is 8.49. The highest BCUT2D eigenvalue weighted by atomic mass is 16.5. The zero-order chi connectivity index (χ0) is 13.2. The maximum Gasteiger partial charge on any atom is 0.246 e. The Labute approximate surface area is 106 Å². The van der Waals surface area contributed by atoms with Crippen molar-refractivity contribution in [1.29, 1.82) is 0 Å². The molecule has 2 atom stereocenters. The molecule has 0 bridgehead atoms. The molecule has 0 aromatic carbocycles. The van der Waals surface area contributed by atoms with Gasteiger partial charge in [0.05, 0.1) is 12.1 Å². The fourth-order valence-corrected chi connectivity index (χ4v) is 2.54. The fourth-order valence-electron chi connectivity index (χ4n) is 2.54. The number of aryl methyl sites for hydroxylation is 1. The van der Waals surface area contributed by atoms with E-state index in [1.54, 1.807) is 6.92 Å². The molecule has 1 aromatic rings. The van der Waals surface area contributed by atoms with Crippen molar-refractivity contribution in [3.63, 3.8) is 0 Å². The van der Waals surface area contributed by atoms with Gasteiger partial charge in [-0.25, -0.2) is 0 Å².